The van der Waals surface area contributed by atoms with Gasteiger partial charge in [0, 0.05) is 47.6 Å². The third kappa shape index (κ3) is 3.68. The van der Waals surface area contributed by atoms with E-state index in [-0.39, 0.29) is 0 Å². The highest BCUT2D eigenvalue weighted by molar-refractivity contribution is 7.26. The summed E-state index contributed by atoms with van der Waals surface area (Å²) in [6.07, 6.45) is 0. The van der Waals surface area contributed by atoms with Crippen molar-refractivity contribution in [2.75, 3.05) is 0 Å². The fraction of sp³-hybridized carbons (Fsp3) is 0. The largest absolute Gasteiger partial charge is 0.456 e. The lowest BCUT2D eigenvalue weighted by atomic mass is 9.99. The van der Waals surface area contributed by atoms with E-state index < -0.39 is 0 Å². The molecule has 3 heterocycles. The van der Waals surface area contributed by atoms with Gasteiger partial charge < -0.3 is 4.42 Å². The van der Waals surface area contributed by atoms with Gasteiger partial charge in [-0.15, -0.1) is 11.3 Å². The predicted molar refractivity (Wildman–Crippen MR) is 198 cm³/mol. The van der Waals surface area contributed by atoms with Crippen LogP contribution in [0.25, 0.3) is 109 Å². The zero-order valence-corrected chi connectivity index (χ0v) is 26.3. The summed E-state index contributed by atoms with van der Waals surface area (Å²) >= 11 is 1.83. The number of hydrogen-bond acceptors (Lipinski definition) is 5. The third-order valence-electron chi connectivity index (χ3n) is 9.66. The number of fused-ring (bicyclic) bond motifs is 9. The second-order valence-electron chi connectivity index (χ2n) is 12.4. The molecule has 5 heteroatoms. The van der Waals surface area contributed by atoms with Crippen molar-refractivity contribution in [2.45, 2.75) is 0 Å². The molecule has 4 nitrogen and oxygen atoms in total. The predicted octanol–water partition coefficient (Wildman–Crippen LogP) is 11.9. The van der Waals surface area contributed by atoms with Crippen molar-refractivity contribution in [2.24, 2.45) is 0 Å². The molecule has 0 fully saturated rings. The molecule has 1 aliphatic rings. The topological polar surface area (TPSA) is 51.8 Å². The summed E-state index contributed by atoms with van der Waals surface area (Å²) in [5.74, 6) is 1.94. The summed E-state index contributed by atoms with van der Waals surface area (Å²) in [6.45, 7) is 0. The lowest BCUT2D eigenvalue weighted by Crippen LogP contribution is -2.00. The summed E-state index contributed by atoms with van der Waals surface area (Å²) < 4.78 is 8.60. The molecule has 0 saturated heterocycles. The molecule has 11 rings (SSSR count). The van der Waals surface area contributed by atoms with E-state index in [1.807, 2.05) is 59.9 Å². The van der Waals surface area contributed by atoms with Gasteiger partial charge in [0.2, 0.25) is 0 Å². The molecule has 3 aromatic heterocycles. The first-order valence-electron chi connectivity index (χ1n) is 16.0. The van der Waals surface area contributed by atoms with Gasteiger partial charge in [-0.25, -0.2) is 15.0 Å². The average Bonchev–Trinajstić information content (AvgIpc) is 3.81. The summed E-state index contributed by atoms with van der Waals surface area (Å²) in [7, 11) is 0. The molecule has 0 radical (unpaired) electrons. The molecule has 0 spiro atoms. The van der Waals surface area contributed by atoms with Crippen LogP contribution in [0.1, 0.15) is 0 Å². The lowest BCUT2D eigenvalue weighted by Gasteiger charge is -2.10. The zero-order valence-electron chi connectivity index (χ0n) is 25.4. The van der Waals surface area contributed by atoms with Gasteiger partial charge in [0.25, 0.3) is 0 Å². The number of benzene rings is 7. The Morgan fingerprint density at radius 2 is 1.08 bits per heavy atom. The Morgan fingerprint density at radius 1 is 0.396 bits per heavy atom. The Bertz CT molecular complexity index is 2950. The third-order valence-corrected chi connectivity index (χ3v) is 10.8. The van der Waals surface area contributed by atoms with E-state index >= 15 is 0 Å². The molecule has 10 aromatic rings. The van der Waals surface area contributed by atoms with Gasteiger partial charge in [0.05, 0.1) is 0 Å². The van der Waals surface area contributed by atoms with Crippen molar-refractivity contribution in [3.8, 4) is 56.4 Å². The number of hydrogen-bond donors (Lipinski definition) is 0. The van der Waals surface area contributed by atoms with Crippen LogP contribution in [-0.4, -0.2) is 15.0 Å². The van der Waals surface area contributed by atoms with Crippen LogP contribution >= 0.6 is 11.3 Å². The van der Waals surface area contributed by atoms with Crippen LogP contribution in [0.3, 0.4) is 0 Å². The minimum absolute atomic E-state index is 0.630. The number of furan rings is 1. The molecule has 0 unspecified atom stereocenters. The molecule has 1 aliphatic carbocycles. The molecule has 0 N–H and O–H groups in total. The van der Waals surface area contributed by atoms with Gasteiger partial charge in [0.1, 0.15) is 11.2 Å². The van der Waals surface area contributed by atoms with Crippen LogP contribution in [0.15, 0.2) is 144 Å². The number of aromatic nitrogens is 3. The molecule has 0 bridgehead atoms. The monoisotopic (exact) mass is 629 g/mol. The molecule has 48 heavy (non-hydrogen) atoms. The quantitative estimate of drug-likeness (QED) is 0.195. The van der Waals surface area contributed by atoms with Crippen molar-refractivity contribution in [3.05, 3.63) is 140 Å². The first-order chi connectivity index (χ1) is 23.8. The van der Waals surface area contributed by atoms with Gasteiger partial charge >= 0.3 is 0 Å². The number of rotatable bonds is 3. The van der Waals surface area contributed by atoms with Crippen LogP contribution in [-0.2, 0) is 0 Å². The van der Waals surface area contributed by atoms with Crippen LogP contribution in [0.4, 0.5) is 0 Å². The van der Waals surface area contributed by atoms with Crippen molar-refractivity contribution < 1.29 is 4.42 Å². The molecule has 0 atom stereocenters. The van der Waals surface area contributed by atoms with E-state index in [2.05, 4.69) is 91.0 Å². The van der Waals surface area contributed by atoms with Crippen molar-refractivity contribution in [3.63, 3.8) is 0 Å². The van der Waals surface area contributed by atoms with Crippen molar-refractivity contribution in [1.29, 1.82) is 0 Å². The summed E-state index contributed by atoms with van der Waals surface area (Å²) in [5.41, 5.74) is 9.78. The van der Waals surface area contributed by atoms with Crippen LogP contribution < -0.4 is 0 Å². The van der Waals surface area contributed by atoms with Gasteiger partial charge in [-0.2, -0.15) is 0 Å². The Morgan fingerprint density at radius 3 is 1.94 bits per heavy atom. The highest BCUT2D eigenvalue weighted by atomic mass is 32.1. The van der Waals surface area contributed by atoms with Crippen molar-refractivity contribution in [1.82, 2.24) is 15.0 Å². The average molecular weight is 630 g/mol. The Labute approximate surface area is 278 Å². The van der Waals surface area contributed by atoms with Crippen LogP contribution in [0.5, 0.6) is 0 Å². The second-order valence-corrected chi connectivity index (χ2v) is 13.4. The second kappa shape index (κ2) is 9.67. The molecule has 0 amide bonds. The van der Waals surface area contributed by atoms with Crippen LogP contribution in [0, 0.1) is 0 Å². The van der Waals surface area contributed by atoms with Crippen molar-refractivity contribution >= 4 is 64.2 Å². The summed E-state index contributed by atoms with van der Waals surface area (Å²) in [5, 5.41) is 7.14. The minimum Gasteiger partial charge on any atom is -0.456 e. The normalized spacial score (nSPS) is 12.2. The van der Waals surface area contributed by atoms with E-state index in [1.54, 1.807) is 0 Å². The standard InChI is InChI=1S/C43H23N3OS/c1-2-9-25(10-3-1)41-44-42(26-19-20-36-33(21-26)27-13-4-5-17-35(27)47-36)46-43(45-41)30-16-8-18-37-40(30)34-22-31-28-14-6-11-24-12-7-15-29(39(24)28)32(31)23-38(34)48-37/h1-23H. The Hall–Kier alpha value is -6.17. The van der Waals surface area contributed by atoms with E-state index in [4.69, 9.17) is 19.4 Å². The fourth-order valence-electron chi connectivity index (χ4n) is 7.50. The molecule has 0 aliphatic heterocycles. The zero-order chi connectivity index (χ0) is 31.3. The number of nitrogens with zero attached hydrogens (tertiary/aromatic N) is 3. The van der Waals surface area contributed by atoms with Gasteiger partial charge in [-0.1, -0.05) is 97.1 Å². The maximum atomic E-state index is 6.13. The van der Waals surface area contributed by atoms with Gasteiger partial charge in [-0.3, -0.25) is 0 Å². The minimum atomic E-state index is 0.630. The van der Waals surface area contributed by atoms with E-state index in [0.29, 0.717) is 17.5 Å². The highest BCUT2D eigenvalue weighted by Crippen LogP contribution is 2.51. The molecule has 7 aromatic carbocycles. The first-order valence-corrected chi connectivity index (χ1v) is 16.8. The van der Waals surface area contributed by atoms with E-state index in [0.717, 1.165) is 38.6 Å². The number of thiophene rings is 1. The van der Waals surface area contributed by atoms with Crippen LogP contribution in [0.2, 0.25) is 0 Å². The SMILES string of the molecule is c1ccc(-c2nc(-c3ccc4oc5ccccc5c4c3)nc(-c3cccc4sc5cc6c(cc5c34)-c3cccc4cccc-6c34)n2)cc1. The molecular formula is C43H23N3OS. The van der Waals surface area contributed by atoms with Gasteiger partial charge in [-0.05, 0) is 75.5 Å². The van der Waals surface area contributed by atoms with E-state index in [9.17, 15) is 0 Å². The Kier molecular flexibility index (Phi) is 5.23. The first kappa shape index (κ1) is 26.0. The maximum absolute atomic E-state index is 6.13. The highest BCUT2D eigenvalue weighted by Gasteiger charge is 2.24. The molecular weight excluding hydrogens is 607 g/mol. The molecule has 222 valence electrons. The molecule has 0 saturated carbocycles. The van der Waals surface area contributed by atoms with E-state index in [1.165, 1.54) is 53.2 Å². The smallest absolute Gasteiger partial charge is 0.164 e. The summed E-state index contributed by atoms with van der Waals surface area (Å²) in [6, 6.07) is 49.0. The fourth-order valence-corrected chi connectivity index (χ4v) is 8.65. The van der Waals surface area contributed by atoms with Gasteiger partial charge in [0.15, 0.2) is 17.5 Å². The lowest BCUT2D eigenvalue weighted by molar-refractivity contribution is 0.669. The maximum Gasteiger partial charge on any atom is 0.164 e. The Balaban J connectivity index is 1.16. The summed E-state index contributed by atoms with van der Waals surface area (Å²) in [4.78, 5) is 15.4. The number of para-hydroxylation sites is 1.